The van der Waals surface area contributed by atoms with Gasteiger partial charge in [0, 0.05) is 64.7 Å². The predicted octanol–water partition coefficient (Wildman–Crippen LogP) is 12.6. The Hall–Kier alpha value is -6.69. The highest BCUT2D eigenvalue weighted by atomic mass is 32.1. The van der Waals surface area contributed by atoms with E-state index in [9.17, 15) is 0 Å². The Kier molecular flexibility index (Phi) is 6.39. The second kappa shape index (κ2) is 11.4. The van der Waals surface area contributed by atoms with E-state index in [2.05, 4.69) is 161 Å². The second-order valence-electron chi connectivity index (χ2n) is 13.2. The van der Waals surface area contributed by atoms with Gasteiger partial charge in [0.2, 0.25) is 0 Å². The Morgan fingerprint density at radius 3 is 1.90 bits per heavy atom. The lowest BCUT2D eigenvalue weighted by Gasteiger charge is -2.12. The van der Waals surface area contributed by atoms with E-state index in [4.69, 9.17) is 9.97 Å². The Bertz CT molecular complexity index is 3160. The molecule has 0 bridgehead atoms. The summed E-state index contributed by atoms with van der Waals surface area (Å²) in [6.07, 6.45) is 1.80. The highest BCUT2D eigenvalue weighted by Crippen LogP contribution is 2.48. The molecule has 0 aliphatic heterocycles. The number of pyridine rings is 1. The van der Waals surface area contributed by atoms with E-state index in [0.717, 1.165) is 27.9 Å². The summed E-state index contributed by atoms with van der Waals surface area (Å²) in [6.45, 7) is 0. The molecule has 0 amide bonds. The first kappa shape index (κ1) is 29.1. The number of nitrogens with zero attached hydrogens (tertiary/aromatic N) is 4. The van der Waals surface area contributed by atoms with Crippen LogP contribution in [-0.4, -0.2) is 19.5 Å². The molecule has 7 aromatic carbocycles. The molecule has 52 heavy (non-hydrogen) atoms. The molecule has 4 aromatic heterocycles. The van der Waals surface area contributed by atoms with Crippen molar-refractivity contribution in [3.63, 3.8) is 0 Å². The fourth-order valence-corrected chi connectivity index (χ4v) is 9.19. The monoisotopic (exact) mass is 680 g/mol. The van der Waals surface area contributed by atoms with Crippen LogP contribution >= 0.6 is 11.3 Å². The minimum absolute atomic E-state index is 0.652. The van der Waals surface area contributed by atoms with Crippen LogP contribution < -0.4 is 0 Å². The number of para-hydroxylation sites is 1. The third-order valence-corrected chi connectivity index (χ3v) is 11.5. The Morgan fingerprint density at radius 2 is 1.08 bits per heavy atom. The van der Waals surface area contributed by atoms with Crippen LogP contribution in [-0.2, 0) is 0 Å². The van der Waals surface area contributed by atoms with Crippen LogP contribution in [0.15, 0.2) is 170 Å². The van der Waals surface area contributed by atoms with E-state index in [-0.39, 0.29) is 0 Å². The standard InChI is InChI=1S/C47H28N4S/c1-2-11-29(12-3-1)30-20-22-31(23-21-30)43-38-17-10-28-48-47(38)50-46(49-43)32-24-26-33(27-25-32)51-39-18-8-6-15-36(39)42-44(51)35-14-5-4-13-34(35)41-37-16-7-9-19-40(37)52-45(41)42/h1-28H. The van der Waals surface area contributed by atoms with Gasteiger partial charge in [0.05, 0.1) is 16.7 Å². The van der Waals surface area contributed by atoms with Crippen LogP contribution in [0.2, 0.25) is 0 Å². The molecule has 0 unspecified atom stereocenters. The van der Waals surface area contributed by atoms with Crippen molar-refractivity contribution in [2.24, 2.45) is 0 Å². The molecule has 0 spiro atoms. The molecule has 0 fully saturated rings. The summed E-state index contributed by atoms with van der Waals surface area (Å²) >= 11 is 1.89. The number of rotatable bonds is 4. The quantitative estimate of drug-likeness (QED) is 0.186. The van der Waals surface area contributed by atoms with E-state index < -0.39 is 0 Å². The molecule has 0 N–H and O–H groups in total. The summed E-state index contributed by atoms with van der Waals surface area (Å²) in [5, 5.41) is 8.69. The van der Waals surface area contributed by atoms with Gasteiger partial charge in [-0.2, -0.15) is 0 Å². The first-order valence-corrected chi connectivity index (χ1v) is 18.3. The van der Waals surface area contributed by atoms with Crippen molar-refractivity contribution in [2.75, 3.05) is 0 Å². The van der Waals surface area contributed by atoms with Gasteiger partial charge < -0.3 is 4.57 Å². The average Bonchev–Trinajstić information content (AvgIpc) is 3.78. The van der Waals surface area contributed by atoms with Crippen molar-refractivity contribution in [3.05, 3.63) is 170 Å². The Labute approximate surface area is 302 Å². The van der Waals surface area contributed by atoms with Gasteiger partial charge in [0.15, 0.2) is 11.5 Å². The summed E-state index contributed by atoms with van der Waals surface area (Å²) in [7, 11) is 0. The highest BCUT2D eigenvalue weighted by Gasteiger charge is 2.21. The maximum Gasteiger partial charge on any atom is 0.163 e. The molecule has 4 nitrogen and oxygen atoms in total. The molecule has 4 heterocycles. The zero-order valence-corrected chi connectivity index (χ0v) is 28.7. The van der Waals surface area contributed by atoms with Crippen molar-refractivity contribution in [1.82, 2.24) is 19.5 Å². The molecular formula is C47H28N4S. The van der Waals surface area contributed by atoms with Crippen molar-refractivity contribution in [1.29, 1.82) is 0 Å². The third-order valence-electron chi connectivity index (χ3n) is 10.3. The van der Waals surface area contributed by atoms with E-state index in [0.29, 0.717) is 11.5 Å². The molecule has 11 rings (SSSR count). The van der Waals surface area contributed by atoms with E-state index >= 15 is 0 Å². The molecule has 0 saturated heterocycles. The van der Waals surface area contributed by atoms with E-state index in [1.807, 2.05) is 23.5 Å². The zero-order valence-electron chi connectivity index (χ0n) is 27.9. The average molecular weight is 681 g/mol. The van der Waals surface area contributed by atoms with Crippen LogP contribution in [0.5, 0.6) is 0 Å². The number of aromatic nitrogens is 4. The number of benzene rings is 7. The van der Waals surface area contributed by atoms with Gasteiger partial charge in [-0.3, -0.25) is 0 Å². The molecule has 0 saturated carbocycles. The molecule has 0 aliphatic rings. The Balaban J connectivity index is 1.09. The molecule has 5 heteroatoms. The number of thiophene rings is 1. The second-order valence-corrected chi connectivity index (χ2v) is 14.2. The van der Waals surface area contributed by atoms with Crippen molar-refractivity contribution in [2.45, 2.75) is 0 Å². The van der Waals surface area contributed by atoms with Gasteiger partial charge in [0.25, 0.3) is 0 Å². The number of fused-ring (bicyclic) bond motifs is 11. The lowest BCUT2D eigenvalue weighted by molar-refractivity contribution is 1.17. The molecule has 0 aliphatic carbocycles. The van der Waals surface area contributed by atoms with E-state index in [1.165, 1.54) is 63.9 Å². The van der Waals surface area contributed by atoms with Gasteiger partial charge in [0.1, 0.15) is 0 Å². The van der Waals surface area contributed by atoms with Gasteiger partial charge >= 0.3 is 0 Å². The first-order valence-electron chi connectivity index (χ1n) is 17.4. The van der Waals surface area contributed by atoms with Gasteiger partial charge in [-0.1, -0.05) is 115 Å². The summed E-state index contributed by atoms with van der Waals surface area (Å²) in [4.78, 5) is 14.8. The van der Waals surface area contributed by atoms with Gasteiger partial charge in [-0.25, -0.2) is 15.0 Å². The van der Waals surface area contributed by atoms with Crippen molar-refractivity contribution < 1.29 is 0 Å². The van der Waals surface area contributed by atoms with Crippen LogP contribution in [0.3, 0.4) is 0 Å². The van der Waals surface area contributed by atoms with E-state index in [1.54, 1.807) is 6.20 Å². The first-order chi connectivity index (χ1) is 25.8. The molecule has 0 atom stereocenters. The minimum Gasteiger partial charge on any atom is -0.309 e. The topological polar surface area (TPSA) is 43.6 Å². The molecule has 0 radical (unpaired) electrons. The predicted molar refractivity (Wildman–Crippen MR) is 218 cm³/mol. The Morgan fingerprint density at radius 1 is 0.442 bits per heavy atom. The lowest BCUT2D eigenvalue weighted by atomic mass is 10.00. The van der Waals surface area contributed by atoms with Crippen molar-refractivity contribution in [3.8, 4) is 39.5 Å². The SMILES string of the molecule is c1ccc(-c2ccc(-c3nc(-c4ccc(-n5c6ccccc6c6c7sc8ccccc8c7c7ccccc7c65)cc4)nc4ncccc34)cc2)cc1. The fraction of sp³-hybridized carbons (Fsp3) is 0. The molecule has 11 aromatic rings. The van der Waals surface area contributed by atoms with Gasteiger partial charge in [-0.15, -0.1) is 11.3 Å². The van der Waals surface area contributed by atoms with Crippen LogP contribution in [0.25, 0.3) is 103 Å². The minimum atomic E-state index is 0.652. The van der Waals surface area contributed by atoms with Crippen molar-refractivity contribution >= 4 is 75.1 Å². The summed E-state index contributed by atoms with van der Waals surface area (Å²) in [5.74, 6) is 0.652. The number of hydrogen-bond acceptors (Lipinski definition) is 4. The maximum absolute atomic E-state index is 5.18. The van der Waals surface area contributed by atoms with Gasteiger partial charge in [-0.05, 0) is 65.0 Å². The smallest absolute Gasteiger partial charge is 0.163 e. The lowest BCUT2D eigenvalue weighted by Crippen LogP contribution is -1.98. The fourth-order valence-electron chi connectivity index (χ4n) is 7.91. The zero-order chi connectivity index (χ0) is 34.2. The summed E-state index contributed by atoms with van der Waals surface area (Å²) < 4.78 is 5.08. The largest absolute Gasteiger partial charge is 0.309 e. The molecular weight excluding hydrogens is 653 g/mol. The maximum atomic E-state index is 5.18. The number of hydrogen-bond donors (Lipinski definition) is 0. The third kappa shape index (κ3) is 4.36. The van der Waals surface area contributed by atoms with Crippen LogP contribution in [0, 0.1) is 0 Å². The normalized spacial score (nSPS) is 11.8. The highest BCUT2D eigenvalue weighted by molar-refractivity contribution is 7.27. The summed E-state index contributed by atoms with van der Waals surface area (Å²) in [6, 6.07) is 58.2. The van der Waals surface area contributed by atoms with Crippen LogP contribution in [0.4, 0.5) is 0 Å². The molecule has 242 valence electrons. The summed E-state index contributed by atoms with van der Waals surface area (Å²) in [5.41, 5.74) is 9.40. The van der Waals surface area contributed by atoms with Crippen LogP contribution in [0.1, 0.15) is 0 Å².